The zero-order valence-electron chi connectivity index (χ0n) is 18.8. The molecule has 0 heterocycles. The minimum Gasteiger partial charge on any atom is -0.161 e. The smallest absolute Gasteiger partial charge is 0.00238 e. The number of hydrogen-bond acceptors (Lipinski definition) is 3. The zero-order valence-corrected chi connectivity index (χ0v) is 21.2. The first-order valence-electron chi connectivity index (χ1n) is 12.1. The number of thioether (sulfide) groups is 3. The number of rotatable bonds is 24. The minimum atomic E-state index is 1.36. The lowest BCUT2D eigenvalue weighted by atomic mass is 10.1. The average Bonchev–Trinajstić information content (AvgIpc) is 2.68. The van der Waals surface area contributed by atoms with Gasteiger partial charge in [0, 0.05) is 23.0 Å². The molecule has 0 radical (unpaired) electrons. The van der Waals surface area contributed by atoms with Crippen molar-refractivity contribution in [1.82, 2.24) is 0 Å². The summed E-state index contributed by atoms with van der Waals surface area (Å²) in [7, 11) is 0. The highest BCUT2D eigenvalue weighted by Gasteiger charge is 1.96. The van der Waals surface area contributed by atoms with E-state index in [0.29, 0.717) is 0 Å². The SMILES string of the molecule is CCCCCCCCCCSCCSCCSCCCCCCCCCC. The normalized spacial score (nSPS) is 11.3. The van der Waals surface area contributed by atoms with Crippen LogP contribution in [0.4, 0.5) is 0 Å². The molecule has 0 bridgehead atoms. The molecule has 27 heavy (non-hydrogen) atoms. The molecule has 0 unspecified atom stereocenters. The first-order valence-corrected chi connectivity index (χ1v) is 15.6. The van der Waals surface area contributed by atoms with E-state index in [4.69, 9.17) is 0 Å². The highest BCUT2D eigenvalue weighted by molar-refractivity contribution is 8.04. The minimum absolute atomic E-state index is 1.36. The Labute approximate surface area is 186 Å². The van der Waals surface area contributed by atoms with Gasteiger partial charge in [-0.25, -0.2) is 0 Å². The maximum atomic E-state index is 2.30. The van der Waals surface area contributed by atoms with Crippen molar-refractivity contribution in [2.75, 3.05) is 34.5 Å². The summed E-state index contributed by atoms with van der Waals surface area (Å²) >= 11 is 6.53. The molecule has 0 saturated heterocycles. The Morgan fingerprint density at radius 2 is 0.556 bits per heavy atom. The molecule has 0 saturated carbocycles. The summed E-state index contributed by atoms with van der Waals surface area (Å²) in [6.45, 7) is 4.60. The monoisotopic (exact) mass is 434 g/mol. The first-order chi connectivity index (χ1) is 13.4. The molecular weight excluding hydrogens is 384 g/mol. The van der Waals surface area contributed by atoms with E-state index in [1.165, 1.54) is 137 Å². The molecule has 0 aromatic carbocycles. The second-order valence-electron chi connectivity index (χ2n) is 7.79. The maximum absolute atomic E-state index is 2.30. The van der Waals surface area contributed by atoms with Gasteiger partial charge in [0.05, 0.1) is 0 Å². The Hall–Kier alpha value is 1.05. The fraction of sp³-hybridized carbons (Fsp3) is 1.00. The van der Waals surface area contributed by atoms with Crippen molar-refractivity contribution in [3.05, 3.63) is 0 Å². The Morgan fingerprint density at radius 3 is 0.889 bits per heavy atom. The summed E-state index contributed by atoms with van der Waals surface area (Å²) in [5.41, 5.74) is 0. The predicted molar refractivity (Wildman–Crippen MR) is 137 cm³/mol. The fourth-order valence-corrected chi connectivity index (χ4v) is 6.53. The molecule has 0 amide bonds. The molecule has 0 aromatic heterocycles. The molecule has 3 heteroatoms. The Kier molecular flexibility index (Phi) is 28.1. The fourth-order valence-electron chi connectivity index (χ4n) is 3.22. The summed E-state index contributed by atoms with van der Waals surface area (Å²) in [5.74, 6) is 8.24. The highest BCUT2D eigenvalue weighted by Crippen LogP contribution is 2.15. The van der Waals surface area contributed by atoms with E-state index < -0.39 is 0 Å². The van der Waals surface area contributed by atoms with E-state index in [0.717, 1.165) is 0 Å². The van der Waals surface area contributed by atoms with Crippen molar-refractivity contribution in [3.8, 4) is 0 Å². The number of unbranched alkanes of at least 4 members (excludes halogenated alkanes) is 14. The topological polar surface area (TPSA) is 0 Å². The average molecular weight is 435 g/mol. The largest absolute Gasteiger partial charge is 0.161 e. The molecule has 0 rings (SSSR count). The van der Waals surface area contributed by atoms with Gasteiger partial charge in [-0.15, -0.1) is 0 Å². The summed E-state index contributed by atoms with van der Waals surface area (Å²) in [6.07, 6.45) is 23.1. The molecule has 164 valence electrons. The van der Waals surface area contributed by atoms with E-state index in [-0.39, 0.29) is 0 Å². The molecule has 0 aliphatic rings. The molecule has 0 spiro atoms. The molecule has 0 nitrogen and oxygen atoms in total. The second-order valence-corrected chi connectivity index (χ2v) is 11.5. The van der Waals surface area contributed by atoms with Gasteiger partial charge >= 0.3 is 0 Å². The van der Waals surface area contributed by atoms with Crippen molar-refractivity contribution in [2.45, 2.75) is 117 Å². The molecule has 0 aliphatic heterocycles. The molecule has 0 aliphatic carbocycles. The van der Waals surface area contributed by atoms with E-state index >= 15 is 0 Å². The molecular formula is C24H50S3. The van der Waals surface area contributed by atoms with Gasteiger partial charge in [0.1, 0.15) is 0 Å². The van der Waals surface area contributed by atoms with Crippen LogP contribution >= 0.6 is 35.3 Å². The third kappa shape index (κ3) is 27.1. The van der Waals surface area contributed by atoms with Gasteiger partial charge < -0.3 is 0 Å². The first kappa shape index (κ1) is 28.1. The Balaban J connectivity index is 2.95. The maximum Gasteiger partial charge on any atom is 0.00238 e. The van der Waals surface area contributed by atoms with E-state index in [9.17, 15) is 0 Å². The lowest BCUT2D eigenvalue weighted by Crippen LogP contribution is -1.92. The Morgan fingerprint density at radius 1 is 0.296 bits per heavy atom. The summed E-state index contributed by atoms with van der Waals surface area (Å²) in [5, 5.41) is 0. The van der Waals surface area contributed by atoms with Crippen LogP contribution in [0.25, 0.3) is 0 Å². The van der Waals surface area contributed by atoms with Crippen molar-refractivity contribution in [1.29, 1.82) is 0 Å². The molecule has 0 atom stereocenters. The van der Waals surface area contributed by atoms with Gasteiger partial charge in [-0.2, -0.15) is 35.3 Å². The van der Waals surface area contributed by atoms with Gasteiger partial charge in [-0.1, -0.05) is 104 Å². The van der Waals surface area contributed by atoms with Crippen LogP contribution in [-0.4, -0.2) is 34.5 Å². The lowest BCUT2D eigenvalue weighted by molar-refractivity contribution is 0.586. The molecule has 0 aromatic rings. The van der Waals surface area contributed by atoms with Crippen molar-refractivity contribution < 1.29 is 0 Å². The summed E-state index contributed by atoms with van der Waals surface area (Å²) < 4.78 is 0. The van der Waals surface area contributed by atoms with Gasteiger partial charge in [0.15, 0.2) is 0 Å². The van der Waals surface area contributed by atoms with Gasteiger partial charge in [-0.05, 0) is 24.3 Å². The van der Waals surface area contributed by atoms with E-state index in [1.807, 2.05) is 0 Å². The van der Waals surface area contributed by atoms with E-state index in [1.54, 1.807) is 0 Å². The van der Waals surface area contributed by atoms with Crippen LogP contribution in [0.3, 0.4) is 0 Å². The Bertz CT molecular complexity index is 222. The molecule has 0 fully saturated rings. The van der Waals surface area contributed by atoms with Crippen LogP contribution in [0.15, 0.2) is 0 Å². The van der Waals surface area contributed by atoms with Crippen LogP contribution in [0.5, 0.6) is 0 Å². The standard InChI is InChI=1S/C24H50S3/c1-3-5-7-9-11-13-15-17-19-25-21-23-27-24-22-26-20-18-16-14-12-10-8-6-4-2/h3-24H2,1-2H3. The zero-order chi connectivity index (χ0) is 19.7. The van der Waals surface area contributed by atoms with Gasteiger partial charge in [-0.3, -0.25) is 0 Å². The van der Waals surface area contributed by atoms with E-state index in [2.05, 4.69) is 49.1 Å². The quantitative estimate of drug-likeness (QED) is 0.139. The van der Waals surface area contributed by atoms with Crippen LogP contribution in [-0.2, 0) is 0 Å². The second kappa shape index (κ2) is 27.0. The van der Waals surface area contributed by atoms with Crippen LogP contribution in [0.1, 0.15) is 117 Å². The van der Waals surface area contributed by atoms with Crippen LogP contribution in [0.2, 0.25) is 0 Å². The van der Waals surface area contributed by atoms with Gasteiger partial charge in [0.2, 0.25) is 0 Å². The molecule has 0 N–H and O–H groups in total. The van der Waals surface area contributed by atoms with Crippen LogP contribution in [0, 0.1) is 0 Å². The van der Waals surface area contributed by atoms with Crippen LogP contribution < -0.4 is 0 Å². The predicted octanol–water partition coefficient (Wildman–Crippen LogP) is 9.47. The summed E-state index contributed by atoms with van der Waals surface area (Å²) in [4.78, 5) is 0. The van der Waals surface area contributed by atoms with Gasteiger partial charge in [0.25, 0.3) is 0 Å². The third-order valence-corrected chi connectivity index (χ3v) is 8.67. The highest BCUT2D eigenvalue weighted by atomic mass is 32.2. The van der Waals surface area contributed by atoms with Crippen molar-refractivity contribution >= 4 is 35.3 Å². The third-order valence-electron chi connectivity index (χ3n) is 5.03. The lowest BCUT2D eigenvalue weighted by Gasteiger charge is -2.04. The summed E-state index contributed by atoms with van der Waals surface area (Å²) in [6, 6.07) is 0. The van der Waals surface area contributed by atoms with Crippen molar-refractivity contribution in [2.24, 2.45) is 0 Å². The van der Waals surface area contributed by atoms with Crippen molar-refractivity contribution in [3.63, 3.8) is 0 Å². The number of hydrogen-bond donors (Lipinski definition) is 0.